The van der Waals surface area contributed by atoms with Gasteiger partial charge in [0.1, 0.15) is 12.1 Å². The number of aromatic amines is 1. The second kappa shape index (κ2) is 16.5. The normalized spacial score (nSPS) is 19.5. The maximum Gasteiger partial charge on any atom is 0.245 e. The van der Waals surface area contributed by atoms with Gasteiger partial charge in [0.05, 0.1) is 6.04 Å². The third-order valence-electron chi connectivity index (χ3n) is 9.36. The number of hydrogen-bond acceptors (Lipinski definition) is 6. The standard InChI is InChI=1S/C38H49N7O3/c1-25-10-7-13-28-23-43-37(47)34(21-29-24-42-31-15-4-3-14-30(29)31)45(2)38(48)33(16-5-6-18-39)44-36(46)32(17-9-19-40)41-22-26-11-8-12-27(20-26)35(25)28/h3-4,7-8,10-15,20,24,32-34,41-42H,5-6,9,16-19,21-23,39-40H2,1-2H3,(H,43,47)(H,44,46)/t32-,33-,34-/m0/s1. The summed E-state index contributed by atoms with van der Waals surface area (Å²) < 4.78 is 0. The molecule has 3 aromatic carbocycles. The van der Waals surface area contributed by atoms with Crippen LogP contribution in [0.25, 0.3) is 22.0 Å². The maximum atomic E-state index is 14.3. The van der Waals surface area contributed by atoms with Gasteiger partial charge in [0, 0.05) is 43.7 Å². The summed E-state index contributed by atoms with van der Waals surface area (Å²) in [6.45, 7) is 3.76. The molecule has 0 saturated heterocycles. The maximum absolute atomic E-state index is 14.3. The molecule has 4 aromatic rings. The fraction of sp³-hybridized carbons (Fsp3) is 0.395. The molecule has 3 atom stereocenters. The van der Waals surface area contributed by atoms with E-state index in [1.54, 1.807) is 7.05 Å². The summed E-state index contributed by atoms with van der Waals surface area (Å²) in [6, 6.07) is 20.1. The molecule has 1 aliphatic rings. The second-order valence-corrected chi connectivity index (χ2v) is 12.8. The number of nitrogens with one attached hydrogen (secondary N) is 4. The summed E-state index contributed by atoms with van der Waals surface area (Å²) >= 11 is 0. The van der Waals surface area contributed by atoms with Crippen molar-refractivity contribution in [2.75, 3.05) is 20.1 Å². The van der Waals surface area contributed by atoms with E-state index >= 15 is 0 Å². The summed E-state index contributed by atoms with van der Waals surface area (Å²) in [4.78, 5) is 47.2. The molecular formula is C38H49N7O3. The Kier molecular flexibility index (Phi) is 12.0. The molecule has 5 rings (SSSR count). The van der Waals surface area contributed by atoms with Crippen LogP contribution in [0.1, 0.15) is 54.4 Å². The van der Waals surface area contributed by atoms with Crippen LogP contribution >= 0.6 is 0 Å². The zero-order valence-electron chi connectivity index (χ0n) is 28.1. The predicted octanol–water partition coefficient (Wildman–Crippen LogP) is 3.65. The fourth-order valence-corrected chi connectivity index (χ4v) is 6.65. The van der Waals surface area contributed by atoms with Crippen molar-refractivity contribution in [1.82, 2.24) is 25.8 Å². The smallest absolute Gasteiger partial charge is 0.245 e. The number of para-hydroxylation sites is 1. The van der Waals surface area contributed by atoms with Crippen molar-refractivity contribution in [3.05, 3.63) is 95.2 Å². The number of nitrogens with zero attached hydrogens (tertiary/aromatic N) is 1. The Labute approximate surface area is 283 Å². The van der Waals surface area contributed by atoms with Gasteiger partial charge in [-0.1, -0.05) is 54.6 Å². The van der Waals surface area contributed by atoms with Gasteiger partial charge in [-0.15, -0.1) is 0 Å². The topological polar surface area (TPSA) is 158 Å². The molecule has 0 unspecified atom stereocenters. The van der Waals surface area contributed by atoms with Crippen LogP contribution in [0.15, 0.2) is 72.9 Å². The lowest BCUT2D eigenvalue weighted by atomic mass is 9.93. The van der Waals surface area contributed by atoms with Crippen molar-refractivity contribution < 1.29 is 14.4 Å². The SMILES string of the molecule is Cc1cccc2c1-c1cccc(c1)CN[C@@H](CCCN)C(=O)N[C@@H](CCCCN)C(=O)N(C)[C@@H](Cc1c[nH]c3ccccc13)C(=O)NC2. The van der Waals surface area contributed by atoms with Gasteiger partial charge >= 0.3 is 0 Å². The van der Waals surface area contributed by atoms with E-state index in [1.807, 2.05) is 54.7 Å². The molecule has 3 amide bonds. The lowest BCUT2D eigenvalue weighted by Crippen LogP contribution is -2.57. The van der Waals surface area contributed by atoms with Crippen LogP contribution in [0.3, 0.4) is 0 Å². The van der Waals surface area contributed by atoms with E-state index < -0.39 is 18.1 Å². The lowest BCUT2D eigenvalue weighted by Gasteiger charge is -2.32. The molecule has 2 bridgehead atoms. The number of carbonyl (C=O) groups is 3. The third kappa shape index (κ3) is 8.31. The highest BCUT2D eigenvalue weighted by Crippen LogP contribution is 2.29. The van der Waals surface area contributed by atoms with Gasteiger partial charge in [0.15, 0.2) is 0 Å². The number of likely N-dealkylation sites (N-methyl/N-ethyl adjacent to an activating group) is 1. The average Bonchev–Trinajstić information content (AvgIpc) is 3.51. The number of hydrogen-bond donors (Lipinski definition) is 6. The van der Waals surface area contributed by atoms with Gasteiger partial charge in [-0.3, -0.25) is 14.4 Å². The number of rotatable bonds is 9. The molecule has 10 nitrogen and oxygen atoms in total. The number of carbonyl (C=O) groups excluding carboxylic acids is 3. The molecule has 0 radical (unpaired) electrons. The summed E-state index contributed by atoms with van der Waals surface area (Å²) in [5.74, 6) is -0.844. The Morgan fingerprint density at radius 1 is 0.833 bits per heavy atom. The number of fused-ring (bicyclic) bond motifs is 5. The van der Waals surface area contributed by atoms with Gasteiger partial charge in [-0.25, -0.2) is 0 Å². The van der Waals surface area contributed by atoms with E-state index in [2.05, 4.69) is 46.1 Å². The van der Waals surface area contributed by atoms with Gasteiger partial charge in [-0.05, 0) is 97.6 Å². The van der Waals surface area contributed by atoms with E-state index in [9.17, 15) is 14.4 Å². The second-order valence-electron chi connectivity index (χ2n) is 12.8. The summed E-state index contributed by atoms with van der Waals surface area (Å²) in [5.41, 5.74) is 18.7. The number of H-pyrrole nitrogens is 1. The lowest BCUT2D eigenvalue weighted by molar-refractivity contribution is -0.142. The predicted molar refractivity (Wildman–Crippen MR) is 191 cm³/mol. The van der Waals surface area contributed by atoms with Crippen LogP contribution in [0, 0.1) is 6.92 Å². The highest BCUT2D eigenvalue weighted by atomic mass is 16.2. The molecule has 48 heavy (non-hydrogen) atoms. The molecule has 2 heterocycles. The quantitative estimate of drug-likeness (QED) is 0.152. The number of amides is 3. The Bertz CT molecular complexity index is 1720. The first-order valence-corrected chi connectivity index (χ1v) is 17.0. The molecule has 1 aliphatic heterocycles. The Hall–Kier alpha value is -4.51. The third-order valence-corrected chi connectivity index (χ3v) is 9.36. The van der Waals surface area contributed by atoms with E-state index in [0.717, 1.165) is 44.3 Å². The van der Waals surface area contributed by atoms with E-state index in [4.69, 9.17) is 11.5 Å². The first-order valence-electron chi connectivity index (χ1n) is 17.0. The zero-order valence-corrected chi connectivity index (χ0v) is 28.1. The molecule has 0 saturated carbocycles. The minimum absolute atomic E-state index is 0.262. The van der Waals surface area contributed by atoms with Gasteiger partial charge < -0.3 is 37.3 Å². The Morgan fingerprint density at radius 3 is 2.42 bits per heavy atom. The number of benzene rings is 3. The molecular weight excluding hydrogens is 602 g/mol. The molecule has 8 N–H and O–H groups in total. The monoisotopic (exact) mass is 651 g/mol. The number of unbranched alkanes of at least 4 members (excludes halogenated alkanes) is 1. The van der Waals surface area contributed by atoms with Crippen LogP contribution in [0.4, 0.5) is 0 Å². The number of aromatic nitrogens is 1. The molecule has 1 aromatic heterocycles. The minimum Gasteiger partial charge on any atom is -0.361 e. The summed E-state index contributed by atoms with van der Waals surface area (Å²) in [7, 11) is 1.66. The highest BCUT2D eigenvalue weighted by Gasteiger charge is 2.34. The number of aryl methyl sites for hydroxylation is 1. The Balaban J connectivity index is 1.56. The van der Waals surface area contributed by atoms with Gasteiger partial charge in [0.25, 0.3) is 0 Å². The van der Waals surface area contributed by atoms with E-state index in [-0.39, 0.29) is 17.7 Å². The van der Waals surface area contributed by atoms with Crippen molar-refractivity contribution in [3.63, 3.8) is 0 Å². The van der Waals surface area contributed by atoms with Crippen molar-refractivity contribution >= 4 is 28.6 Å². The van der Waals surface area contributed by atoms with E-state index in [1.165, 1.54) is 4.90 Å². The van der Waals surface area contributed by atoms with Gasteiger partial charge in [-0.2, -0.15) is 0 Å². The van der Waals surface area contributed by atoms with Gasteiger partial charge in [0.2, 0.25) is 17.7 Å². The van der Waals surface area contributed by atoms with Crippen molar-refractivity contribution in [2.24, 2.45) is 11.5 Å². The molecule has 0 spiro atoms. The first-order chi connectivity index (χ1) is 23.3. The van der Waals surface area contributed by atoms with Crippen LogP contribution in [-0.2, 0) is 33.9 Å². The van der Waals surface area contributed by atoms with Crippen LogP contribution in [-0.4, -0.2) is 65.9 Å². The van der Waals surface area contributed by atoms with Crippen LogP contribution in [0.2, 0.25) is 0 Å². The van der Waals surface area contributed by atoms with Crippen LogP contribution in [0.5, 0.6) is 0 Å². The number of nitrogens with two attached hydrogens (primary N) is 2. The fourth-order valence-electron chi connectivity index (χ4n) is 6.65. The van der Waals surface area contributed by atoms with Crippen molar-refractivity contribution in [2.45, 2.75) is 76.7 Å². The zero-order chi connectivity index (χ0) is 34.0. The average molecular weight is 652 g/mol. The molecule has 0 aliphatic carbocycles. The van der Waals surface area contributed by atoms with Crippen molar-refractivity contribution in [1.29, 1.82) is 0 Å². The minimum atomic E-state index is -0.830. The van der Waals surface area contributed by atoms with Crippen LogP contribution < -0.4 is 27.4 Å². The molecule has 10 heteroatoms. The highest BCUT2D eigenvalue weighted by molar-refractivity contribution is 5.94. The Morgan fingerprint density at radius 2 is 1.60 bits per heavy atom. The first kappa shape index (κ1) is 34.8. The van der Waals surface area contributed by atoms with E-state index in [0.29, 0.717) is 64.7 Å². The molecule has 0 fully saturated rings. The molecule has 254 valence electrons. The summed E-state index contributed by atoms with van der Waals surface area (Å²) in [6.07, 6.45) is 5.15. The summed E-state index contributed by atoms with van der Waals surface area (Å²) in [5, 5.41) is 10.7. The van der Waals surface area contributed by atoms with Crippen molar-refractivity contribution in [3.8, 4) is 11.1 Å². The largest absolute Gasteiger partial charge is 0.361 e.